The van der Waals surface area contributed by atoms with E-state index in [9.17, 15) is 4.79 Å². The van der Waals surface area contributed by atoms with Gasteiger partial charge in [-0.3, -0.25) is 4.79 Å². The summed E-state index contributed by atoms with van der Waals surface area (Å²) in [4.78, 5) is 11.6. The third-order valence-electron chi connectivity index (χ3n) is 1.90. The van der Waals surface area contributed by atoms with Crippen molar-refractivity contribution in [1.29, 1.82) is 0 Å². The van der Waals surface area contributed by atoms with Crippen LogP contribution in [0.1, 0.15) is 26.3 Å². The number of ether oxygens (including phenoxy) is 2. The van der Waals surface area contributed by atoms with E-state index in [0.29, 0.717) is 0 Å². The normalized spacial score (nSPS) is 11.0. The second-order valence-electron chi connectivity index (χ2n) is 4.61. The zero-order valence-corrected chi connectivity index (χ0v) is 10.2. The Labute approximate surface area is 96.4 Å². The van der Waals surface area contributed by atoms with E-state index >= 15 is 0 Å². The Morgan fingerprint density at radius 1 is 1.31 bits per heavy atom. The van der Waals surface area contributed by atoms with Crippen molar-refractivity contribution in [2.75, 3.05) is 7.11 Å². The number of methoxy groups -OCH3 is 1. The van der Waals surface area contributed by atoms with Gasteiger partial charge < -0.3 is 9.47 Å². The molecular formula is C13H18O3. The molecule has 1 rings (SSSR count). The third-order valence-corrected chi connectivity index (χ3v) is 1.90. The van der Waals surface area contributed by atoms with Crippen LogP contribution >= 0.6 is 0 Å². The summed E-state index contributed by atoms with van der Waals surface area (Å²) < 4.78 is 10.3. The Morgan fingerprint density at radius 2 is 2.00 bits per heavy atom. The van der Waals surface area contributed by atoms with Gasteiger partial charge in [0.1, 0.15) is 11.4 Å². The Hall–Kier alpha value is -1.51. The van der Waals surface area contributed by atoms with Crippen LogP contribution in [-0.2, 0) is 16.0 Å². The topological polar surface area (TPSA) is 35.5 Å². The maximum Gasteiger partial charge on any atom is 0.310 e. The quantitative estimate of drug-likeness (QED) is 0.737. The van der Waals surface area contributed by atoms with E-state index in [-0.39, 0.29) is 12.4 Å². The first-order valence-corrected chi connectivity index (χ1v) is 5.25. The number of carbonyl (C=O) groups excluding carboxylic acids is 1. The summed E-state index contributed by atoms with van der Waals surface area (Å²) in [5.74, 6) is 0.529. The number of rotatable bonds is 3. The first-order chi connectivity index (χ1) is 7.40. The molecule has 88 valence electrons. The van der Waals surface area contributed by atoms with Crippen molar-refractivity contribution in [3.05, 3.63) is 29.8 Å². The monoisotopic (exact) mass is 222 g/mol. The third kappa shape index (κ3) is 4.34. The minimum absolute atomic E-state index is 0.222. The van der Waals surface area contributed by atoms with Crippen LogP contribution in [0.15, 0.2) is 24.3 Å². The summed E-state index contributed by atoms with van der Waals surface area (Å²) in [6.07, 6.45) is 0.272. The Balaban J connectivity index is 2.62. The number of benzene rings is 1. The summed E-state index contributed by atoms with van der Waals surface area (Å²) in [6.45, 7) is 5.57. The molecule has 0 atom stereocenters. The van der Waals surface area contributed by atoms with Crippen LogP contribution in [0.3, 0.4) is 0 Å². The summed E-state index contributed by atoms with van der Waals surface area (Å²) in [6, 6.07) is 7.42. The molecule has 0 saturated heterocycles. The molecule has 0 amide bonds. The van der Waals surface area contributed by atoms with Crippen molar-refractivity contribution in [2.24, 2.45) is 0 Å². The van der Waals surface area contributed by atoms with Crippen LogP contribution in [0, 0.1) is 0 Å². The highest BCUT2D eigenvalue weighted by molar-refractivity contribution is 5.73. The molecule has 0 aliphatic heterocycles. The average Bonchev–Trinajstić information content (AvgIpc) is 2.15. The van der Waals surface area contributed by atoms with E-state index in [1.807, 2.05) is 45.0 Å². The van der Waals surface area contributed by atoms with Gasteiger partial charge >= 0.3 is 5.97 Å². The van der Waals surface area contributed by atoms with Gasteiger partial charge in [0.25, 0.3) is 0 Å². The molecule has 0 fully saturated rings. The molecular weight excluding hydrogens is 204 g/mol. The lowest BCUT2D eigenvalue weighted by Gasteiger charge is -2.19. The Kier molecular flexibility index (Phi) is 3.93. The van der Waals surface area contributed by atoms with Crippen LogP contribution in [0.25, 0.3) is 0 Å². The van der Waals surface area contributed by atoms with Crippen molar-refractivity contribution in [1.82, 2.24) is 0 Å². The van der Waals surface area contributed by atoms with Crippen LogP contribution in [0.2, 0.25) is 0 Å². The molecule has 0 N–H and O–H groups in total. The zero-order chi connectivity index (χ0) is 12.2. The Morgan fingerprint density at radius 3 is 2.56 bits per heavy atom. The first-order valence-electron chi connectivity index (χ1n) is 5.25. The van der Waals surface area contributed by atoms with E-state index in [1.54, 1.807) is 7.11 Å². The molecule has 0 aliphatic rings. The lowest BCUT2D eigenvalue weighted by molar-refractivity contribution is -0.153. The van der Waals surface area contributed by atoms with Crippen molar-refractivity contribution in [3.63, 3.8) is 0 Å². The number of hydrogen-bond acceptors (Lipinski definition) is 3. The van der Waals surface area contributed by atoms with Crippen molar-refractivity contribution in [3.8, 4) is 5.75 Å². The van der Waals surface area contributed by atoms with E-state index < -0.39 is 5.60 Å². The fraction of sp³-hybridized carbons (Fsp3) is 0.462. The van der Waals surface area contributed by atoms with Crippen molar-refractivity contribution >= 4 is 5.97 Å². The SMILES string of the molecule is COc1cccc(CC(=O)OC(C)(C)C)c1. The van der Waals surface area contributed by atoms with Crippen LogP contribution in [-0.4, -0.2) is 18.7 Å². The number of carbonyl (C=O) groups is 1. The van der Waals surface area contributed by atoms with Gasteiger partial charge in [-0.05, 0) is 38.5 Å². The van der Waals surface area contributed by atoms with Gasteiger partial charge in [-0.15, -0.1) is 0 Å². The molecule has 16 heavy (non-hydrogen) atoms. The molecule has 1 aromatic rings. The maximum atomic E-state index is 11.6. The standard InChI is InChI=1S/C13H18O3/c1-13(2,3)16-12(14)9-10-6-5-7-11(8-10)15-4/h5-8H,9H2,1-4H3. The second-order valence-corrected chi connectivity index (χ2v) is 4.61. The van der Waals surface area contributed by atoms with E-state index in [0.717, 1.165) is 11.3 Å². The highest BCUT2D eigenvalue weighted by atomic mass is 16.6. The van der Waals surface area contributed by atoms with Gasteiger partial charge in [0.15, 0.2) is 0 Å². The number of hydrogen-bond donors (Lipinski definition) is 0. The van der Waals surface area contributed by atoms with Crippen LogP contribution < -0.4 is 4.74 Å². The smallest absolute Gasteiger partial charge is 0.310 e. The Bertz CT molecular complexity index is 364. The molecule has 3 heteroatoms. The van der Waals surface area contributed by atoms with Crippen LogP contribution in [0.4, 0.5) is 0 Å². The van der Waals surface area contributed by atoms with Crippen LogP contribution in [0.5, 0.6) is 5.75 Å². The summed E-state index contributed by atoms with van der Waals surface area (Å²) >= 11 is 0. The highest BCUT2D eigenvalue weighted by Gasteiger charge is 2.16. The second kappa shape index (κ2) is 5.01. The van der Waals surface area contributed by atoms with Crippen molar-refractivity contribution < 1.29 is 14.3 Å². The van der Waals surface area contributed by atoms with Gasteiger partial charge in [0.2, 0.25) is 0 Å². The lowest BCUT2D eigenvalue weighted by atomic mass is 10.1. The van der Waals surface area contributed by atoms with Gasteiger partial charge in [-0.1, -0.05) is 12.1 Å². The zero-order valence-electron chi connectivity index (χ0n) is 10.2. The molecule has 3 nitrogen and oxygen atoms in total. The van der Waals surface area contributed by atoms with E-state index in [4.69, 9.17) is 9.47 Å². The lowest BCUT2D eigenvalue weighted by Crippen LogP contribution is -2.24. The van der Waals surface area contributed by atoms with Crippen molar-refractivity contribution in [2.45, 2.75) is 32.8 Å². The van der Waals surface area contributed by atoms with Gasteiger partial charge in [0.05, 0.1) is 13.5 Å². The predicted molar refractivity (Wildman–Crippen MR) is 62.5 cm³/mol. The first kappa shape index (κ1) is 12.6. The minimum atomic E-state index is -0.435. The highest BCUT2D eigenvalue weighted by Crippen LogP contribution is 2.15. The predicted octanol–water partition coefficient (Wildman–Crippen LogP) is 2.58. The molecule has 0 radical (unpaired) electrons. The molecule has 0 unspecified atom stereocenters. The molecule has 0 saturated carbocycles. The van der Waals surface area contributed by atoms with E-state index in [2.05, 4.69) is 0 Å². The molecule has 0 aromatic heterocycles. The minimum Gasteiger partial charge on any atom is -0.497 e. The molecule has 0 heterocycles. The molecule has 0 bridgehead atoms. The van der Waals surface area contributed by atoms with Gasteiger partial charge in [-0.2, -0.15) is 0 Å². The summed E-state index contributed by atoms with van der Waals surface area (Å²) in [5, 5.41) is 0. The van der Waals surface area contributed by atoms with Gasteiger partial charge in [-0.25, -0.2) is 0 Å². The maximum absolute atomic E-state index is 11.6. The van der Waals surface area contributed by atoms with E-state index in [1.165, 1.54) is 0 Å². The number of esters is 1. The molecule has 1 aromatic carbocycles. The fourth-order valence-electron chi connectivity index (χ4n) is 1.33. The van der Waals surface area contributed by atoms with Gasteiger partial charge in [0, 0.05) is 0 Å². The summed E-state index contributed by atoms with van der Waals surface area (Å²) in [7, 11) is 1.60. The average molecular weight is 222 g/mol. The largest absolute Gasteiger partial charge is 0.497 e. The summed E-state index contributed by atoms with van der Waals surface area (Å²) in [5.41, 5.74) is 0.462. The fourth-order valence-corrected chi connectivity index (χ4v) is 1.33. The molecule has 0 spiro atoms. The molecule has 0 aliphatic carbocycles.